The maximum atomic E-state index is 11.7. The minimum absolute atomic E-state index is 0.0439. The maximum Gasteiger partial charge on any atom is 0.340 e. The van der Waals surface area contributed by atoms with Gasteiger partial charge in [0.05, 0.1) is 18.2 Å². The summed E-state index contributed by atoms with van der Waals surface area (Å²) in [6.45, 7) is 0. The summed E-state index contributed by atoms with van der Waals surface area (Å²) in [6, 6.07) is 6.83. The van der Waals surface area contributed by atoms with Crippen molar-refractivity contribution in [3.05, 3.63) is 52.4 Å². The molecule has 0 atom stereocenters. The van der Waals surface area contributed by atoms with E-state index in [1.54, 1.807) is 28.9 Å². The van der Waals surface area contributed by atoms with E-state index in [1.807, 2.05) is 6.07 Å². The molecule has 84 valence electrons. The summed E-state index contributed by atoms with van der Waals surface area (Å²) in [6.07, 6.45) is 3.34. The highest BCUT2D eigenvalue weighted by atomic mass is 16.5. The van der Waals surface area contributed by atoms with Gasteiger partial charge >= 0.3 is 5.97 Å². The fourth-order valence-electron chi connectivity index (χ4n) is 2.14. The van der Waals surface area contributed by atoms with Gasteiger partial charge in [-0.3, -0.25) is 4.79 Å². The maximum absolute atomic E-state index is 11.7. The van der Waals surface area contributed by atoms with Crippen LogP contribution in [0.4, 0.5) is 0 Å². The first-order chi connectivity index (χ1) is 8.22. The summed E-state index contributed by atoms with van der Waals surface area (Å²) < 4.78 is 6.50. The average Bonchev–Trinajstić information content (AvgIpc) is 2.73. The third kappa shape index (κ3) is 1.24. The van der Waals surface area contributed by atoms with E-state index >= 15 is 0 Å². The van der Waals surface area contributed by atoms with Crippen molar-refractivity contribution in [3.63, 3.8) is 0 Å². The molecule has 3 aromatic rings. The van der Waals surface area contributed by atoms with Crippen molar-refractivity contribution in [3.8, 4) is 0 Å². The Hall–Kier alpha value is -2.36. The highest BCUT2D eigenvalue weighted by Crippen LogP contribution is 2.24. The minimum atomic E-state index is -0.395. The lowest BCUT2D eigenvalue weighted by atomic mass is 10.1. The van der Waals surface area contributed by atoms with E-state index in [1.165, 1.54) is 13.2 Å². The highest BCUT2D eigenvalue weighted by molar-refractivity contribution is 6.09. The molecule has 2 heterocycles. The molecule has 0 unspecified atom stereocenters. The van der Waals surface area contributed by atoms with Gasteiger partial charge in [0, 0.05) is 29.2 Å². The van der Waals surface area contributed by atoms with E-state index in [0.29, 0.717) is 10.9 Å². The van der Waals surface area contributed by atoms with Crippen molar-refractivity contribution in [2.75, 3.05) is 7.11 Å². The highest BCUT2D eigenvalue weighted by Gasteiger charge is 2.16. The third-order valence-corrected chi connectivity index (χ3v) is 2.91. The summed E-state index contributed by atoms with van der Waals surface area (Å²) in [7, 11) is 1.34. The number of pyridine rings is 1. The fraction of sp³-hybridized carbons (Fsp3) is 0.0769. The van der Waals surface area contributed by atoms with E-state index < -0.39 is 5.97 Å². The van der Waals surface area contributed by atoms with Gasteiger partial charge in [0.25, 0.3) is 0 Å². The normalized spacial score (nSPS) is 11.1. The lowest BCUT2D eigenvalue weighted by Crippen LogP contribution is -2.01. The zero-order chi connectivity index (χ0) is 12.0. The van der Waals surface area contributed by atoms with Crippen LogP contribution in [0.3, 0.4) is 0 Å². The molecule has 3 rings (SSSR count). The van der Waals surface area contributed by atoms with Crippen molar-refractivity contribution < 1.29 is 9.53 Å². The van der Waals surface area contributed by atoms with Crippen molar-refractivity contribution >= 4 is 22.3 Å². The molecule has 0 saturated carbocycles. The average molecular weight is 227 g/mol. The lowest BCUT2D eigenvalue weighted by molar-refractivity contribution is 0.0603. The molecular formula is C13H9NO3. The SMILES string of the molecule is COC(=O)c1cn2ccc(=O)c3cccc1c32. The van der Waals surface area contributed by atoms with Crippen LogP contribution in [0, 0.1) is 0 Å². The van der Waals surface area contributed by atoms with Gasteiger partial charge in [0.2, 0.25) is 0 Å². The summed E-state index contributed by atoms with van der Waals surface area (Å²) in [5.41, 5.74) is 1.20. The molecule has 0 aliphatic rings. The molecule has 0 bridgehead atoms. The van der Waals surface area contributed by atoms with Crippen LogP contribution >= 0.6 is 0 Å². The fourth-order valence-corrected chi connectivity index (χ4v) is 2.14. The molecule has 0 saturated heterocycles. The first-order valence-electron chi connectivity index (χ1n) is 5.17. The van der Waals surface area contributed by atoms with Gasteiger partial charge in [-0.25, -0.2) is 4.79 Å². The number of nitrogens with zero attached hydrogens (tertiary/aromatic N) is 1. The Balaban J connectivity index is 2.54. The Morgan fingerprint density at radius 2 is 2.00 bits per heavy atom. The molecule has 4 heteroatoms. The van der Waals surface area contributed by atoms with Crippen molar-refractivity contribution in [1.82, 2.24) is 4.40 Å². The Morgan fingerprint density at radius 1 is 1.24 bits per heavy atom. The van der Waals surface area contributed by atoms with Gasteiger partial charge in [-0.15, -0.1) is 0 Å². The minimum Gasteiger partial charge on any atom is -0.465 e. The monoisotopic (exact) mass is 227 g/mol. The van der Waals surface area contributed by atoms with E-state index in [9.17, 15) is 9.59 Å². The van der Waals surface area contributed by atoms with Crippen LogP contribution in [0.5, 0.6) is 0 Å². The Labute approximate surface area is 96.4 Å². The van der Waals surface area contributed by atoms with Gasteiger partial charge in [-0.1, -0.05) is 12.1 Å². The van der Waals surface area contributed by atoms with Gasteiger partial charge < -0.3 is 9.14 Å². The van der Waals surface area contributed by atoms with Crippen LogP contribution < -0.4 is 5.43 Å². The second-order valence-corrected chi connectivity index (χ2v) is 3.82. The van der Waals surface area contributed by atoms with Crippen molar-refractivity contribution in [1.29, 1.82) is 0 Å². The number of hydrogen-bond donors (Lipinski definition) is 0. The molecular weight excluding hydrogens is 218 g/mol. The number of carbonyl (C=O) groups excluding carboxylic acids is 1. The van der Waals surface area contributed by atoms with Crippen LogP contribution in [0.15, 0.2) is 41.5 Å². The molecule has 0 aliphatic carbocycles. The molecule has 0 spiro atoms. The standard InChI is InChI=1S/C13H9NO3/c1-17-13(16)10-7-14-6-5-11(15)9-4-2-3-8(10)12(9)14/h2-7H,1H3. The Kier molecular flexibility index (Phi) is 1.92. The van der Waals surface area contributed by atoms with Crippen LogP contribution in [0.2, 0.25) is 0 Å². The number of hydrogen-bond acceptors (Lipinski definition) is 3. The molecule has 0 aliphatic heterocycles. The number of methoxy groups -OCH3 is 1. The Morgan fingerprint density at radius 3 is 2.76 bits per heavy atom. The predicted octanol–water partition coefficient (Wildman–Crippen LogP) is 1.68. The summed E-state index contributed by atoms with van der Waals surface area (Å²) >= 11 is 0. The molecule has 0 amide bonds. The van der Waals surface area contributed by atoms with E-state index in [4.69, 9.17) is 4.74 Å². The van der Waals surface area contributed by atoms with Crippen molar-refractivity contribution in [2.24, 2.45) is 0 Å². The number of para-hydroxylation sites is 1. The zero-order valence-electron chi connectivity index (χ0n) is 9.14. The largest absolute Gasteiger partial charge is 0.465 e. The molecule has 0 fully saturated rings. The number of ether oxygens (including phenoxy) is 1. The summed E-state index contributed by atoms with van der Waals surface area (Å²) in [4.78, 5) is 23.3. The first kappa shape index (κ1) is 9.84. The van der Waals surface area contributed by atoms with Crippen molar-refractivity contribution in [2.45, 2.75) is 0 Å². The predicted molar refractivity (Wildman–Crippen MR) is 63.7 cm³/mol. The first-order valence-corrected chi connectivity index (χ1v) is 5.17. The van der Waals surface area contributed by atoms with Crippen LogP contribution in [0.25, 0.3) is 16.3 Å². The molecule has 1 aromatic carbocycles. The smallest absolute Gasteiger partial charge is 0.340 e. The Bertz CT molecular complexity index is 773. The van der Waals surface area contributed by atoms with Gasteiger partial charge in [0.1, 0.15) is 0 Å². The quantitative estimate of drug-likeness (QED) is 0.594. The van der Waals surface area contributed by atoms with E-state index in [0.717, 1.165) is 10.9 Å². The lowest BCUT2D eigenvalue weighted by Gasteiger charge is -1.98. The number of aromatic nitrogens is 1. The second-order valence-electron chi connectivity index (χ2n) is 3.82. The van der Waals surface area contributed by atoms with Gasteiger partial charge in [-0.2, -0.15) is 0 Å². The van der Waals surface area contributed by atoms with Crippen LogP contribution in [0.1, 0.15) is 10.4 Å². The number of rotatable bonds is 1. The summed E-state index contributed by atoms with van der Waals surface area (Å²) in [5.74, 6) is -0.395. The summed E-state index contributed by atoms with van der Waals surface area (Å²) in [5, 5.41) is 1.35. The number of esters is 1. The molecule has 2 aromatic heterocycles. The third-order valence-electron chi connectivity index (χ3n) is 2.91. The van der Waals surface area contributed by atoms with Gasteiger partial charge in [-0.05, 0) is 6.07 Å². The zero-order valence-corrected chi connectivity index (χ0v) is 9.14. The van der Waals surface area contributed by atoms with Crippen LogP contribution in [-0.4, -0.2) is 17.5 Å². The topological polar surface area (TPSA) is 47.8 Å². The second kappa shape index (κ2) is 3.31. The van der Waals surface area contributed by atoms with Gasteiger partial charge in [0.15, 0.2) is 5.43 Å². The molecule has 4 nitrogen and oxygen atoms in total. The van der Waals surface area contributed by atoms with E-state index in [-0.39, 0.29) is 5.43 Å². The molecule has 17 heavy (non-hydrogen) atoms. The van der Waals surface area contributed by atoms with Crippen LogP contribution in [-0.2, 0) is 4.74 Å². The molecule has 0 N–H and O–H groups in total. The number of carbonyl (C=O) groups is 1. The molecule has 0 radical (unpaired) electrons. The van der Waals surface area contributed by atoms with E-state index in [2.05, 4.69) is 0 Å². The number of benzene rings is 1.